The van der Waals surface area contributed by atoms with E-state index in [4.69, 9.17) is 0 Å². The predicted octanol–water partition coefficient (Wildman–Crippen LogP) is 1.79. The molecule has 0 aromatic carbocycles. The van der Waals surface area contributed by atoms with E-state index in [2.05, 4.69) is 0 Å². The first-order valence-corrected chi connectivity index (χ1v) is 3.42. The first-order valence-electron chi connectivity index (χ1n) is 3.42. The number of carbonyl (C=O) groups is 1. The summed E-state index contributed by atoms with van der Waals surface area (Å²) < 4.78 is 49.1. The van der Waals surface area contributed by atoms with E-state index in [0.717, 1.165) is 0 Å². The van der Waals surface area contributed by atoms with Crippen molar-refractivity contribution >= 4 is 5.97 Å². The fourth-order valence-corrected chi connectivity index (χ4v) is 1.06. The second-order valence-corrected chi connectivity index (χ2v) is 2.82. The van der Waals surface area contributed by atoms with Crippen molar-refractivity contribution in [1.82, 2.24) is 0 Å². The van der Waals surface area contributed by atoms with Gasteiger partial charge in [-0.1, -0.05) is 6.08 Å². The van der Waals surface area contributed by atoms with E-state index in [9.17, 15) is 27.5 Å². The van der Waals surface area contributed by atoms with Crippen molar-refractivity contribution in [2.45, 2.75) is 18.3 Å². The highest BCUT2D eigenvalue weighted by Gasteiger charge is 2.70. The van der Waals surface area contributed by atoms with Crippen LogP contribution < -0.4 is 0 Å². The maximum absolute atomic E-state index is 12.4. The smallest absolute Gasteiger partial charge is 0.242 e. The lowest BCUT2D eigenvalue weighted by Crippen LogP contribution is -2.57. The van der Waals surface area contributed by atoms with Crippen LogP contribution in [-0.4, -0.2) is 17.8 Å². The first kappa shape index (κ1) is 10.0. The molecule has 2 nitrogen and oxygen atoms in total. The molecule has 0 amide bonds. The predicted molar refractivity (Wildman–Crippen MR) is 32.8 cm³/mol. The lowest BCUT2D eigenvalue weighted by molar-refractivity contribution is -0.301. The van der Waals surface area contributed by atoms with Crippen molar-refractivity contribution in [3.05, 3.63) is 12.2 Å². The second-order valence-electron chi connectivity index (χ2n) is 2.82. The van der Waals surface area contributed by atoms with Gasteiger partial charge in [0.1, 0.15) is 0 Å². The number of rotatable bonds is 2. The summed E-state index contributed by atoms with van der Waals surface area (Å²) in [5.74, 6) is -11.5. The number of allylic oxidation sites excluding steroid dienone is 1. The van der Waals surface area contributed by atoms with Gasteiger partial charge in [0, 0.05) is 12.5 Å². The molecule has 13 heavy (non-hydrogen) atoms. The SMILES string of the molecule is [O]C(=O)C=CC1CC(F)(F)C1(F)F. The Labute approximate surface area is 70.9 Å². The molecule has 73 valence electrons. The van der Waals surface area contributed by atoms with E-state index < -0.39 is 30.2 Å². The van der Waals surface area contributed by atoms with E-state index in [-0.39, 0.29) is 0 Å². The van der Waals surface area contributed by atoms with Crippen molar-refractivity contribution in [2.75, 3.05) is 0 Å². The van der Waals surface area contributed by atoms with Crippen molar-refractivity contribution in [1.29, 1.82) is 0 Å². The lowest BCUT2D eigenvalue weighted by Gasteiger charge is -2.42. The Balaban J connectivity index is 2.65. The molecule has 0 saturated heterocycles. The number of hydrogen-bond donors (Lipinski definition) is 0. The van der Waals surface area contributed by atoms with Crippen molar-refractivity contribution in [3.63, 3.8) is 0 Å². The minimum atomic E-state index is -4.14. The highest BCUT2D eigenvalue weighted by Crippen LogP contribution is 2.55. The fourth-order valence-electron chi connectivity index (χ4n) is 1.06. The summed E-state index contributed by atoms with van der Waals surface area (Å²) in [6.45, 7) is 0. The average Bonchev–Trinajstić information content (AvgIpc) is 1.97. The summed E-state index contributed by atoms with van der Waals surface area (Å²) in [6.07, 6.45) is -0.148. The molecule has 0 aliphatic heterocycles. The van der Waals surface area contributed by atoms with Crippen LogP contribution in [0.4, 0.5) is 17.6 Å². The van der Waals surface area contributed by atoms with Gasteiger partial charge in [-0.05, 0) is 0 Å². The Bertz CT molecular complexity index is 259. The second kappa shape index (κ2) is 2.71. The van der Waals surface area contributed by atoms with Gasteiger partial charge in [-0.2, -0.15) is 17.6 Å². The highest BCUT2D eigenvalue weighted by molar-refractivity contribution is 5.79. The number of halogens is 4. The minimum Gasteiger partial charge on any atom is -0.242 e. The topological polar surface area (TPSA) is 37.0 Å². The standard InChI is InChI=1S/C7H5F4O2/c8-6(9)3-4(7(6,10)11)1-2-5(12)13/h1-2,4H,3H2. The molecular formula is C7H5F4O2. The van der Waals surface area contributed by atoms with Crippen molar-refractivity contribution in [3.8, 4) is 0 Å². The number of hydrogen-bond acceptors (Lipinski definition) is 1. The monoisotopic (exact) mass is 197 g/mol. The zero-order valence-corrected chi connectivity index (χ0v) is 6.27. The molecule has 0 N–H and O–H groups in total. The van der Waals surface area contributed by atoms with Crippen molar-refractivity contribution in [2.24, 2.45) is 5.92 Å². The van der Waals surface area contributed by atoms with Crippen LogP contribution in [-0.2, 0) is 9.90 Å². The summed E-state index contributed by atoms with van der Waals surface area (Å²) in [5, 5.41) is 9.79. The summed E-state index contributed by atoms with van der Waals surface area (Å²) in [7, 11) is 0. The van der Waals surface area contributed by atoms with Crippen LogP contribution >= 0.6 is 0 Å². The zero-order chi connectivity index (χ0) is 10.3. The Morgan fingerprint density at radius 3 is 2.15 bits per heavy atom. The molecule has 0 spiro atoms. The Morgan fingerprint density at radius 2 is 1.85 bits per heavy atom. The molecule has 1 rings (SSSR count). The van der Waals surface area contributed by atoms with Crippen LogP contribution in [0.3, 0.4) is 0 Å². The summed E-state index contributed by atoms with van der Waals surface area (Å²) in [4.78, 5) is 9.79. The lowest BCUT2D eigenvalue weighted by atomic mass is 9.76. The molecule has 1 atom stereocenters. The van der Waals surface area contributed by atoms with Gasteiger partial charge < -0.3 is 0 Å². The molecule has 1 saturated carbocycles. The van der Waals surface area contributed by atoms with E-state index in [1.807, 2.05) is 0 Å². The molecule has 1 aliphatic carbocycles. The molecule has 0 bridgehead atoms. The molecule has 0 aromatic rings. The van der Waals surface area contributed by atoms with E-state index >= 15 is 0 Å². The zero-order valence-electron chi connectivity index (χ0n) is 6.27. The van der Waals surface area contributed by atoms with Crippen molar-refractivity contribution < 1.29 is 27.5 Å². The highest BCUT2D eigenvalue weighted by atomic mass is 19.3. The Morgan fingerprint density at radius 1 is 1.31 bits per heavy atom. The number of alkyl halides is 4. The van der Waals surface area contributed by atoms with E-state index in [1.165, 1.54) is 0 Å². The fraction of sp³-hybridized carbons (Fsp3) is 0.571. The first-order chi connectivity index (χ1) is 5.77. The molecule has 6 heteroatoms. The molecule has 1 unspecified atom stereocenters. The van der Waals surface area contributed by atoms with Crippen LogP contribution in [0.25, 0.3) is 0 Å². The molecule has 1 radical (unpaired) electrons. The van der Waals surface area contributed by atoms with Gasteiger partial charge in [-0.3, -0.25) is 0 Å². The van der Waals surface area contributed by atoms with Gasteiger partial charge >= 0.3 is 17.8 Å². The summed E-state index contributed by atoms with van der Waals surface area (Å²) in [6, 6.07) is 0. The average molecular weight is 197 g/mol. The van der Waals surface area contributed by atoms with Gasteiger partial charge in [0.25, 0.3) is 0 Å². The van der Waals surface area contributed by atoms with Crippen LogP contribution in [0, 0.1) is 5.92 Å². The number of carbonyl (C=O) groups excluding carboxylic acids is 1. The molecule has 0 aromatic heterocycles. The quantitative estimate of drug-likeness (QED) is 0.491. The summed E-state index contributed by atoms with van der Waals surface area (Å²) in [5.41, 5.74) is 0. The van der Waals surface area contributed by atoms with E-state index in [0.29, 0.717) is 12.2 Å². The molecule has 0 heterocycles. The maximum Gasteiger partial charge on any atom is 0.378 e. The minimum absolute atomic E-state index is 0.341. The van der Waals surface area contributed by atoms with E-state index in [1.54, 1.807) is 0 Å². The van der Waals surface area contributed by atoms with Crippen LogP contribution in [0.2, 0.25) is 0 Å². The van der Waals surface area contributed by atoms with Crippen LogP contribution in [0.15, 0.2) is 12.2 Å². The molecular weight excluding hydrogens is 192 g/mol. The van der Waals surface area contributed by atoms with Crippen LogP contribution in [0.5, 0.6) is 0 Å². The van der Waals surface area contributed by atoms with Gasteiger partial charge in [0.2, 0.25) is 0 Å². The Kier molecular flexibility index (Phi) is 2.09. The van der Waals surface area contributed by atoms with Gasteiger partial charge in [0.15, 0.2) is 0 Å². The molecule has 1 fully saturated rings. The van der Waals surface area contributed by atoms with Crippen LogP contribution in [0.1, 0.15) is 6.42 Å². The van der Waals surface area contributed by atoms with Gasteiger partial charge in [-0.15, -0.1) is 0 Å². The summed E-state index contributed by atoms with van der Waals surface area (Å²) >= 11 is 0. The van der Waals surface area contributed by atoms with Gasteiger partial charge in [0.05, 0.1) is 5.92 Å². The Hall–Kier alpha value is -1.07. The largest absolute Gasteiger partial charge is 0.378 e. The third-order valence-electron chi connectivity index (χ3n) is 1.89. The third kappa shape index (κ3) is 1.52. The normalized spacial score (nSPS) is 30.0. The molecule has 1 aliphatic rings. The third-order valence-corrected chi connectivity index (χ3v) is 1.89. The van der Waals surface area contributed by atoms with Gasteiger partial charge in [-0.25, -0.2) is 9.90 Å². The maximum atomic E-state index is 12.4.